The number of rotatable bonds is 5. The number of nitrogens with zero attached hydrogens (tertiary/aromatic N) is 3. The molecule has 3 aromatic rings. The number of carbonyl (C=O) groups excluding carboxylic acids is 1. The highest BCUT2D eigenvalue weighted by molar-refractivity contribution is 14.1. The third kappa shape index (κ3) is 4.77. The Kier molecular flexibility index (Phi) is 6.01. The first kappa shape index (κ1) is 19.1. The minimum Gasteiger partial charge on any atom is -0.338 e. The highest BCUT2D eigenvalue weighted by Gasteiger charge is 2.27. The van der Waals surface area contributed by atoms with Crippen LogP contribution in [0.1, 0.15) is 18.7 Å². The second-order valence-electron chi connectivity index (χ2n) is 6.95. The molecule has 1 saturated heterocycles. The van der Waals surface area contributed by atoms with Crippen molar-refractivity contribution in [2.24, 2.45) is 5.92 Å². The molecule has 1 aromatic heterocycles. The molecule has 1 fully saturated rings. The van der Waals surface area contributed by atoms with Gasteiger partial charge in [-0.1, -0.05) is 35.5 Å². The molecule has 2 heterocycles. The number of carbonyl (C=O) groups is 1. The molecule has 1 unspecified atom stereocenters. The molecule has 144 valence electrons. The first-order valence-electron chi connectivity index (χ1n) is 9.34. The minimum absolute atomic E-state index is 0.0375. The van der Waals surface area contributed by atoms with Crippen molar-refractivity contribution in [2.75, 3.05) is 18.4 Å². The fraction of sp³-hybridized carbons (Fsp3) is 0.286. The van der Waals surface area contributed by atoms with Gasteiger partial charge < -0.3 is 9.84 Å². The monoisotopic (exact) mass is 488 g/mol. The highest BCUT2D eigenvalue weighted by Crippen LogP contribution is 2.22. The highest BCUT2D eigenvalue weighted by atomic mass is 127. The normalized spacial score (nSPS) is 17.4. The van der Waals surface area contributed by atoms with Crippen molar-refractivity contribution in [1.29, 1.82) is 0 Å². The van der Waals surface area contributed by atoms with Crippen LogP contribution in [0.5, 0.6) is 0 Å². The Bertz CT molecular complexity index is 927. The summed E-state index contributed by atoms with van der Waals surface area (Å²) in [4.78, 5) is 19.4. The number of benzene rings is 2. The molecule has 0 radical (unpaired) electrons. The molecule has 1 aliphatic rings. The van der Waals surface area contributed by atoms with Crippen LogP contribution in [0, 0.1) is 9.49 Å². The van der Waals surface area contributed by atoms with Crippen LogP contribution in [0.4, 0.5) is 5.69 Å². The van der Waals surface area contributed by atoms with Gasteiger partial charge in [0.05, 0.1) is 12.5 Å². The predicted octanol–water partition coefficient (Wildman–Crippen LogP) is 4.19. The summed E-state index contributed by atoms with van der Waals surface area (Å²) >= 11 is 2.25. The number of aromatic nitrogens is 2. The van der Waals surface area contributed by atoms with E-state index in [1.807, 2.05) is 54.6 Å². The lowest BCUT2D eigenvalue weighted by molar-refractivity contribution is -0.121. The Balaban J connectivity index is 1.35. The quantitative estimate of drug-likeness (QED) is 0.546. The van der Waals surface area contributed by atoms with Crippen LogP contribution in [0.25, 0.3) is 11.4 Å². The average Bonchev–Trinajstić information content (AvgIpc) is 3.19. The molecule has 4 rings (SSSR count). The van der Waals surface area contributed by atoms with Gasteiger partial charge >= 0.3 is 0 Å². The van der Waals surface area contributed by atoms with Crippen LogP contribution < -0.4 is 5.32 Å². The van der Waals surface area contributed by atoms with Crippen molar-refractivity contribution < 1.29 is 9.32 Å². The molecule has 0 saturated carbocycles. The molecule has 0 spiro atoms. The first-order chi connectivity index (χ1) is 13.7. The molecular formula is C21H21IN4O2. The molecule has 7 heteroatoms. The summed E-state index contributed by atoms with van der Waals surface area (Å²) < 4.78 is 6.57. The fourth-order valence-electron chi connectivity index (χ4n) is 3.41. The van der Waals surface area contributed by atoms with E-state index in [-0.39, 0.29) is 11.8 Å². The second kappa shape index (κ2) is 8.83. The topological polar surface area (TPSA) is 71.3 Å². The van der Waals surface area contributed by atoms with Crippen LogP contribution >= 0.6 is 22.6 Å². The van der Waals surface area contributed by atoms with Gasteiger partial charge in [-0.15, -0.1) is 0 Å². The zero-order valence-corrected chi connectivity index (χ0v) is 17.5. The summed E-state index contributed by atoms with van der Waals surface area (Å²) in [6, 6.07) is 17.6. The lowest BCUT2D eigenvalue weighted by Crippen LogP contribution is -2.40. The minimum atomic E-state index is -0.0375. The van der Waals surface area contributed by atoms with Crippen molar-refractivity contribution >= 4 is 34.2 Å². The SMILES string of the molecule is O=C(Nc1ccc(I)cc1)C1CCCN(Cc2nc(-c3ccccc3)no2)C1. The Morgan fingerprint density at radius 3 is 2.75 bits per heavy atom. The largest absolute Gasteiger partial charge is 0.338 e. The van der Waals surface area contributed by atoms with E-state index in [1.54, 1.807) is 0 Å². The number of piperidine rings is 1. The van der Waals surface area contributed by atoms with Gasteiger partial charge in [-0.2, -0.15) is 4.98 Å². The molecule has 1 atom stereocenters. The van der Waals surface area contributed by atoms with Crippen LogP contribution in [-0.4, -0.2) is 34.0 Å². The van der Waals surface area contributed by atoms with E-state index in [4.69, 9.17) is 4.52 Å². The number of hydrogen-bond donors (Lipinski definition) is 1. The molecule has 0 aliphatic carbocycles. The first-order valence-corrected chi connectivity index (χ1v) is 10.4. The van der Waals surface area contributed by atoms with E-state index in [0.29, 0.717) is 24.8 Å². The molecule has 1 amide bonds. The van der Waals surface area contributed by atoms with E-state index in [1.165, 1.54) is 0 Å². The smallest absolute Gasteiger partial charge is 0.241 e. The van der Waals surface area contributed by atoms with Crippen molar-refractivity contribution in [3.63, 3.8) is 0 Å². The van der Waals surface area contributed by atoms with Gasteiger partial charge in [0.25, 0.3) is 0 Å². The molecule has 1 N–H and O–H groups in total. The molecule has 0 bridgehead atoms. The van der Waals surface area contributed by atoms with Crippen molar-refractivity contribution in [2.45, 2.75) is 19.4 Å². The summed E-state index contributed by atoms with van der Waals surface area (Å²) in [5.41, 5.74) is 1.78. The summed E-state index contributed by atoms with van der Waals surface area (Å²) in [5, 5.41) is 7.10. The van der Waals surface area contributed by atoms with Gasteiger partial charge in [0.15, 0.2) is 0 Å². The maximum absolute atomic E-state index is 12.6. The van der Waals surface area contributed by atoms with E-state index in [9.17, 15) is 4.79 Å². The fourth-order valence-corrected chi connectivity index (χ4v) is 3.77. The van der Waals surface area contributed by atoms with Crippen LogP contribution in [0.3, 0.4) is 0 Å². The second-order valence-corrected chi connectivity index (χ2v) is 8.19. The Morgan fingerprint density at radius 1 is 1.18 bits per heavy atom. The van der Waals surface area contributed by atoms with Crippen LogP contribution in [0.2, 0.25) is 0 Å². The maximum atomic E-state index is 12.6. The summed E-state index contributed by atoms with van der Waals surface area (Å²) in [6.45, 7) is 2.18. The van der Waals surface area contributed by atoms with E-state index < -0.39 is 0 Å². The van der Waals surface area contributed by atoms with Crippen molar-refractivity contribution in [3.05, 3.63) is 64.1 Å². The molecule has 28 heavy (non-hydrogen) atoms. The molecule has 1 aliphatic heterocycles. The zero-order valence-electron chi connectivity index (χ0n) is 15.3. The molecular weight excluding hydrogens is 467 g/mol. The van der Waals surface area contributed by atoms with Gasteiger partial charge in [0.1, 0.15) is 0 Å². The summed E-state index contributed by atoms with van der Waals surface area (Å²) in [6.07, 6.45) is 1.87. The van der Waals surface area contributed by atoms with Gasteiger partial charge in [0.2, 0.25) is 17.6 Å². The number of halogens is 1. The van der Waals surface area contributed by atoms with Gasteiger partial charge in [-0.05, 0) is 66.2 Å². The number of amides is 1. The zero-order chi connectivity index (χ0) is 19.3. The van der Waals surface area contributed by atoms with E-state index in [2.05, 4.69) is 42.9 Å². The number of anilines is 1. The standard InChI is InChI=1S/C21H21IN4O2/c22-17-8-10-18(11-9-17)23-21(27)16-7-4-12-26(13-16)14-19-24-20(25-28-19)15-5-2-1-3-6-15/h1-3,5-6,8-11,16H,4,7,12-14H2,(H,23,27). The van der Waals surface area contributed by atoms with Crippen LogP contribution in [0.15, 0.2) is 59.1 Å². The van der Waals surface area contributed by atoms with Gasteiger partial charge in [-0.25, -0.2) is 0 Å². The Hall–Kier alpha value is -2.26. The van der Waals surface area contributed by atoms with Gasteiger partial charge in [-0.3, -0.25) is 9.69 Å². The number of nitrogens with one attached hydrogen (secondary N) is 1. The molecule has 2 aromatic carbocycles. The summed E-state index contributed by atoms with van der Waals surface area (Å²) in [5.74, 6) is 1.21. The third-order valence-electron chi connectivity index (χ3n) is 4.85. The average molecular weight is 488 g/mol. The lowest BCUT2D eigenvalue weighted by atomic mass is 9.97. The number of likely N-dealkylation sites (tertiary alicyclic amines) is 1. The van der Waals surface area contributed by atoms with Gasteiger partial charge in [0, 0.05) is 21.4 Å². The summed E-state index contributed by atoms with van der Waals surface area (Å²) in [7, 11) is 0. The van der Waals surface area contributed by atoms with Crippen molar-refractivity contribution in [1.82, 2.24) is 15.0 Å². The Labute approximate surface area is 177 Å². The third-order valence-corrected chi connectivity index (χ3v) is 5.57. The van der Waals surface area contributed by atoms with E-state index >= 15 is 0 Å². The predicted molar refractivity (Wildman–Crippen MR) is 116 cm³/mol. The maximum Gasteiger partial charge on any atom is 0.241 e. The van der Waals surface area contributed by atoms with E-state index in [0.717, 1.165) is 34.2 Å². The van der Waals surface area contributed by atoms with Crippen molar-refractivity contribution in [3.8, 4) is 11.4 Å². The lowest BCUT2D eigenvalue weighted by Gasteiger charge is -2.30. The number of hydrogen-bond acceptors (Lipinski definition) is 5. The Morgan fingerprint density at radius 2 is 1.96 bits per heavy atom. The van der Waals surface area contributed by atoms with Crippen LogP contribution in [-0.2, 0) is 11.3 Å². The molecule has 6 nitrogen and oxygen atoms in total.